The summed E-state index contributed by atoms with van der Waals surface area (Å²) in [6.07, 6.45) is 4.31. The number of carbonyl (C=O) groups is 3. The maximum Gasteiger partial charge on any atom is 0.255 e. The van der Waals surface area contributed by atoms with E-state index < -0.39 is 36.7 Å². The Kier molecular flexibility index (Phi) is 10.4. The van der Waals surface area contributed by atoms with Crippen molar-refractivity contribution in [1.82, 2.24) is 29.9 Å². The van der Waals surface area contributed by atoms with E-state index in [-0.39, 0.29) is 41.7 Å². The summed E-state index contributed by atoms with van der Waals surface area (Å²) >= 11 is 0. The smallest absolute Gasteiger partial charge is 0.255 e. The molecule has 0 bridgehead atoms. The molecule has 1 aliphatic carbocycles. The van der Waals surface area contributed by atoms with E-state index in [2.05, 4.69) is 26.2 Å². The van der Waals surface area contributed by atoms with Crippen LogP contribution in [0.25, 0.3) is 10.9 Å². The maximum atomic E-state index is 16.3. The van der Waals surface area contributed by atoms with Gasteiger partial charge in [-0.3, -0.25) is 29.5 Å². The van der Waals surface area contributed by atoms with Crippen LogP contribution in [0, 0.1) is 17.6 Å². The van der Waals surface area contributed by atoms with Gasteiger partial charge in [-0.15, -0.1) is 0 Å². The number of nitrogens with one attached hydrogen (secondary N) is 2. The molecule has 6 heterocycles. The van der Waals surface area contributed by atoms with Crippen molar-refractivity contribution >= 4 is 28.6 Å². The zero-order valence-corrected chi connectivity index (χ0v) is 34.0. The number of fused-ring (bicyclic) bond motifs is 5. The number of piperidine rings is 2. The van der Waals surface area contributed by atoms with Gasteiger partial charge in [-0.1, -0.05) is 24.3 Å². The molecule has 9 nitrogen and oxygen atoms in total. The van der Waals surface area contributed by atoms with Crippen LogP contribution in [0.5, 0.6) is 0 Å². The Labute approximate surface area is 347 Å². The Morgan fingerprint density at radius 1 is 0.833 bits per heavy atom. The molecule has 2 saturated heterocycles. The van der Waals surface area contributed by atoms with Gasteiger partial charge in [-0.2, -0.15) is 0 Å². The van der Waals surface area contributed by atoms with Crippen LogP contribution in [0.4, 0.5) is 17.6 Å². The van der Waals surface area contributed by atoms with Gasteiger partial charge in [-0.05, 0) is 135 Å². The number of H-pyrrole nitrogens is 1. The molecule has 3 amide bonds. The molecule has 1 saturated carbocycles. The van der Waals surface area contributed by atoms with E-state index in [1.54, 1.807) is 9.80 Å². The minimum absolute atomic E-state index is 0.0464. The van der Waals surface area contributed by atoms with Crippen molar-refractivity contribution in [2.24, 2.45) is 5.92 Å². The lowest BCUT2D eigenvalue weighted by atomic mass is 9.77. The van der Waals surface area contributed by atoms with Crippen LogP contribution in [0.3, 0.4) is 0 Å². The molecule has 3 atom stereocenters. The summed E-state index contributed by atoms with van der Waals surface area (Å²) in [5.74, 6) is -1.58. The highest BCUT2D eigenvalue weighted by Crippen LogP contribution is 2.45. The van der Waals surface area contributed by atoms with Gasteiger partial charge in [0.25, 0.3) is 12.3 Å². The van der Waals surface area contributed by atoms with Crippen molar-refractivity contribution < 1.29 is 31.9 Å². The van der Waals surface area contributed by atoms with Gasteiger partial charge >= 0.3 is 0 Å². The van der Waals surface area contributed by atoms with Gasteiger partial charge in [0.15, 0.2) is 0 Å². The number of rotatable bonds is 8. The number of para-hydroxylation sites is 1. The summed E-state index contributed by atoms with van der Waals surface area (Å²) in [5, 5.41) is 3.34. The molecule has 0 spiro atoms. The summed E-state index contributed by atoms with van der Waals surface area (Å²) in [7, 11) is 0. The molecule has 0 radical (unpaired) electrons. The van der Waals surface area contributed by atoms with Crippen molar-refractivity contribution in [2.45, 2.75) is 121 Å². The van der Waals surface area contributed by atoms with E-state index in [1.807, 2.05) is 37.3 Å². The van der Waals surface area contributed by atoms with Crippen molar-refractivity contribution in [3.63, 3.8) is 0 Å². The highest BCUT2D eigenvalue weighted by molar-refractivity contribution is 6.05. The van der Waals surface area contributed by atoms with E-state index in [0.717, 1.165) is 93.3 Å². The first-order valence-corrected chi connectivity index (χ1v) is 21.9. The summed E-state index contributed by atoms with van der Waals surface area (Å²) in [6.45, 7) is 6.40. The first-order chi connectivity index (χ1) is 29.0. The normalized spacial score (nSPS) is 26.9. The highest BCUT2D eigenvalue weighted by Gasteiger charge is 2.42. The van der Waals surface area contributed by atoms with E-state index in [1.165, 1.54) is 23.3 Å². The molecule has 60 heavy (non-hydrogen) atoms. The van der Waals surface area contributed by atoms with Crippen molar-refractivity contribution in [3.8, 4) is 0 Å². The van der Waals surface area contributed by atoms with Crippen LogP contribution < -0.4 is 5.32 Å². The average molecular weight is 825 g/mol. The summed E-state index contributed by atoms with van der Waals surface area (Å²) in [5.41, 5.74) is 6.92. The fourth-order valence-corrected chi connectivity index (χ4v) is 11.6. The lowest BCUT2D eigenvalue weighted by molar-refractivity contribution is -0.136. The quantitative estimate of drug-likeness (QED) is 0.141. The maximum absolute atomic E-state index is 16.3. The van der Waals surface area contributed by atoms with Gasteiger partial charge < -0.3 is 14.8 Å². The lowest BCUT2D eigenvalue weighted by Gasteiger charge is -2.41. The van der Waals surface area contributed by atoms with Crippen LogP contribution in [0.2, 0.25) is 0 Å². The van der Waals surface area contributed by atoms with Crippen molar-refractivity contribution in [1.29, 1.82) is 0 Å². The fourth-order valence-electron chi connectivity index (χ4n) is 11.6. The Bertz CT molecular complexity index is 2330. The minimum atomic E-state index is -2.64. The number of nitrogens with zero attached hydrogens (tertiary/aromatic N) is 4. The number of halogens is 4. The second kappa shape index (κ2) is 15.7. The molecule has 1 aromatic heterocycles. The Hall–Kier alpha value is -4.59. The monoisotopic (exact) mass is 824 g/mol. The molecule has 6 aliphatic rings. The number of imide groups is 1. The van der Waals surface area contributed by atoms with Crippen LogP contribution in [-0.4, -0.2) is 93.0 Å². The third-order valence-corrected chi connectivity index (χ3v) is 14.7. The number of aromatic nitrogens is 1. The fraction of sp³-hybridized carbons (Fsp3) is 0.511. The van der Waals surface area contributed by atoms with Crippen molar-refractivity contribution in [3.05, 3.63) is 105 Å². The van der Waals surface area contributed by atoms with Crippen molar-refractivity contribution in [2.75, 3.05) is 26.2 Å². The molecule has 1 unspecified atom stereocenters. The van der Waals surface area contributed by atoms with E-state index >= 15 is 8.78 Å². The largest absolute Gasteiger partial charge is 0.357 e. The van der Waals surface area contributed by atoms with Gasteiger partial charge in [-0.25, -0.2) is 17.6 Å². The Balaban J connectivity index is 0.737. The Morgan fingerprint density at radius 3 is 2.27 bits per heavy atom. The van der Waals surface area contributed by atoms with Crippen LogP contribution in [0.15, 0.2) is 48.5 Å². The molecule has 3 aromatic carbocycles. The molecule has 3 fully saturated rings. The summed E-state index contributed by atoms with van der Waals surface area (Å²) in [6, 6.07) is 13.4. The zero-order chi connectivity index (χ0) is 41.4. The molecular formula is C47H52F4N6O3. The average Bonchev–Trinajstić information content (AvgIpc) is 3.91. The van der Waals surface area contributed by atoms with Gasteiger partial charge in [0.05, 0.1) is 12.6 Å². The van der Waals surface area contributed by atoms with Gasteiger partial charge in [0, 0.05) is 72.4 Å². The molecular weight excluding hydrogens is 773 g/mol. The molecule has 316 valence electrons. The van der Waals surface area contributed by atoms with Crippen LogP contribution in [-0.2, 0) is 35.6 Å². The molecule has 5 aliphatic heterocycles. The van der Waals surface area contributed by atoms with Crippen LogP contribution in [0.1, 0.15) is 120 Å². The highest BCUT2D eigenvalue weighted by atomic mass is 19.3. The first kappa shape index (κ1) is 39.5. The standard InChI is InChI=1S/C47H52F4N6O3/c1-26-16-36-34-4-2-3-5-39(34)52-44(36)45(56(26)25-41(50)51)43-37(48)19-29(20-38(43)49)28-8-6-27(7-9-28)21-54-14-12-33(13-15-54)55-22-30-17-32-24-57(40-10-11-42(58)53-46(40)59)47(60)35(32)18-31(30)23-55/h2-5,17-20,26-28,33,40-41,45,52H,6-16,21-25H2,1H3,(H,53,58,59)/t26-,27?,28?,40?,45-/m1/s1. The zero-order valence-electron chi connectivity index (χ0n) is 34.0. The van der Waals surface area contributed by atoms with E-state index in [0.29, 0.717) is 48.2 Å². The number of hydrogen-bond donors (Lipinski definition) is 2. The SMILES string of the molecule is C[C@@H]1Cc2c([nH]c3ccccc23)[C@@H](c2c(F)cc(C3CCC(CN4CCC(N5Cc6cc7c(cc6C5)C(=O)N(C5CCC(=O)NC5=O)C7)CC4)CC3)cc2F)N1CC(F)F. The second-order valence-electron chi connectivity index (χ2n) is 18.3. The molecule has 4 aromatic rings. The lowest BCUT2D eigenvalue weighted by Crippen LogP contribution is -2.52. The first-order valence-electron chi connectivity index (χ1n) is 21.9. The molecule has 10 rings (SSSR count). The number of hydrogen-bond acceptors (Lipinski definition) is 6. The number of benzene rings is 3. The molecule has 13 heteroatoms. The topological polar surface area (TPSA) is 92.0 Å². The number of amides is 3. The predicted octanol–water partition coefficient (Wildman–Crippen LogP) is 7.56. The van der Waals surface area contributed by atoms with Crippen LogP contribution >= 0.6 is 0 Å². The number of alkyl halides is 2. The Morgan fingerprint density at radius 2 is 1.55 bits per heavy atom. The predicted molar refractivity (Wildman–Crippen MR) is 218 cm³/mol. The minimum Gasteiger partial charge on any atom is -0.357 e. The van der Waals surface area contributed by atoms with Gasteiger partial charge in [0.2, 0.25) is 11.8 Å². The summed E-state index contributed by atoms with van der Waals surface area (Å²) in [4.78, 5) is 49.2. The molecule has 2 N–H and O–H groups in total. The third-order valence-electron chi connectivity index (χ3n) is 14.7. The number of carbonyl (C=O) groups excluding carboxylic acids is 3. The van der Waals surface area contributed by atoms with E-state index in [9.17, 15) is 23.2 Å². The summed E-state index contributed by atoms with van der Waals surface area (Å²) < 4.78 is 60.4. The second-order valence-corrected chi connectivity index (χ2v) is 18.3. The number of likely N-dealkylation sites (tertiary alicyclic amines) is 1. The van der Waals surface area contributed by atoms with Gasteiger partial charge in [0.1, 0.15) is 17.7 Å². The number of aromatic amines is 1. The van der Waals surface area contributed by atoms with E-state index in [4.69, 9.17) is 0 Å². The third kappa shape index (κ3) is 7.13.